The average Bonchev–Trinajstić information content (AvgIpc) is 1.36. The van der Waals surface area contributed by atoms with Crippen LogP contribution in [0.15, 0.2) is 0 Å². The predicted octanol–water partition coefficient (Wildman–Crippen LogP) is -0.292. The van der Waals surface area contributed by atoms with Crippen molar-refractivity contribution in [3.63, 3.8) is 0 Å². The van der Waals surface area contributed by atoms with Crippen LogP contribution < -0.4 is 0 Å². The molecule has 6 heavy (non-hydrogen) atoms. The maximum absolute atomic E-state index is 2.89. The second-order valence-electron chi connectivity index (χ2n) is 1.11. The summed E-state index contributed by atoms with van der Waals surface area (Å²) in [6, 6.07) is 0. The number of rotatable bonds is 1. The van der Waals surface area contributed by atoms with Gasteiger partial charge in [0.05, 0.1) is 0 Å². The Morgan fingerprint density at radius 2 is 1.17 bits per heavy atom. The van der Waals surface area contributed by atoms with Gasteiger partial charge < -0.3 is 0 Å². The molecular formula is C4H6Se2. The van der Waals surface area contributed by atoms with Gasteiger partial charge in [0.1, 0.15) is 0 Å². The van der Waals surface area contributed by atoms with Crippen molar-refractivity contribution in [2.45, 2.75) is 13.8 Å². The van der Waals surface area contributed by atoms with Gasteiger partial charge >= 0.3 is 53.8 Å². The van der Waals surface area contributed by atoms with E-state index in [4.69, 9.17) is 0 Å². The zero-order valence-electron chi connectivity index (χ0n) is 3.82. The average molecular weight is 212 g/mol. The summed E-state index contributed by atoms with van der Waals surface area (Å²) in [6.45, 7) is 4.07. The first kappa shape index (κ1) is 6.78. The van der Waals surface area contributed by atoms with Gasteiger partial charge in [-0.25, -0.2) is 0 Å². The quantitative estimate of drug-likeness (QED) is 0.524. The first-order valence-electron chi connectivity index (χ1n) is 1.66. The minimum absolute atomic E-state index is 1.25. The third kappa shape index (κ3) is 2.99. The van der Waals surface area contributed by atoms with Gasteiger partial charge in [-0.2, -0.15) is 0 Å². The molecule has 0 unspecified atom stereocenters. The summed E-state index contributed by atoms with van der Waals surface area (Å²) in [5.41, 5.74) is 0. The molecule has 0 aromatic heterocycles. The van der Waals surface area contributed by atoms with E-state index in [-0.39, 0.29) is 0 Å². The van der Waals surface area contributed by atoms with Gasteiger partial charge in [-0.15, -0.1) is 0 Å². The van der Waals surface area contributed by atoms with E-state index >= 15 is 0 Å². The zero-order valence-corrected chi connectivity index (χ0v) is 7.24. The van der Waals surface area contributed by atoms with Crippen LogP contribution in [0, 0.1) is 0 Å². The molecule has 0 aliphatic carbocycles. The van der Waals surface area contributed by atoms with Crippen LogP contribution >= 0.6 is 0 Å². The summed E-state index contributed by atoms with van der Waals surface area (Å²) >= 11 is 5.78. The fourth-order valence-electron chi connectivity index (χ4n) is 0. The molecule has 0 bridgehead atoms. The standard InChI is InChI=1S/C4H6Se2/c1-3(5)4(2)6/h1-2H3. The van der Waals surface area contributed by atoms with E-state index in [1.54, 1.807) is 0 Å². The molecule has 0 aliphatic rings. The maximum atomic E-state index is 2.89. The van der Waals surface area contributed by atoms with E-state index in [1.165, 1.54) is 8.83 Å². The minimum atomic E-state index is 1.25. The van der Waals surface area contributed by atoms with Gasteiger partial charge in [-0.1, -0.05) is 0 Å². The Labute approximate surface area is 54.0 Å². The van der Waals surface area contributed by atoms with Gasteiger partial charge in [-0.05, 0) is 0 Å². The van der Waals surface area contributed by atoms with Crippen molar-refractivity contribution in [3.8, 4) is 0 Å². The Kier molecular flexibility index (Phi) is 3.24. The van der Waals surface area contributed by atoms with Gasteiger partial charge in [0.25, 0.3) is 0 Å². The fourth-order valence-corrected chi connectivity index (χ4v) is 0. The van der Waals surface area contributed by atoms with Crippen LogP contribution in [-0.4, -0.2) is 40.0 Å². The van der Waals surface area contributed by atoms with E-state index < -0.39 is 0 Å². The monoisotopic (exact) mass is 214 g/mol. The molecule has 0 spiro atoms. The Morgan fingerprint density at radius 3 is 1.17 bits per heavy atom. The van der Waals surface area contributed by atoms with Crippen LogP contribution in [0.4, 0.5) is 0 Å². The van der Waals surface area contributed by atoms with Crippen molar-refractivity contribution in [3.05, 3.63) is 0 Å². The third-order valence-electron chi connectivity index (χ3n) is 0.496. The van der Waals surface area contributed by atoms with Crippen LogP contribution in [0.1, 0.15) is 13.8 Å². The molecule has 0 saturated heterocycles. The normalized spacial score (nSPS) is 7.67. The van der Waals surface area contributed by atoms with Crippen molar-refractivity contribution in [2.75, 3.05) is 0 Å². The summed E-state index contributed by atoms with van der Waals surface area (Å²) in [6.07, 6.45) is 0. The molecule has 0 N–H and O–H groups in total. The van der Waals surface area contributed by atoms with Crippen molar-refractivity contribution >= 4 is 40.0 Å². The number of hydrogen-bond acceptors (Lipinski definition) is 0. The van der Waals surface area contributed by atoms with Gasteiger partial charge in [-0.3, -0.25) is 0 Å². The van der Waals surface area contributed by atoms with Crippen LogP contribution in [0.3, 0.4) is 0 Å². The SMILES string of the molecule is CC(=[Se])C(C)=[Se]. The van der Waals surface area contributed by atoms with E-state index in [2.05, 4.69) is 31.2 Å². The molecule has 34 valence electrons. The van der Waals surface area contributed by atoms with Gasteiger partial charge in [0.2, 0.25) is 0 Å². The Bertz CT molecular complexity index is 71.5. The van der Waals surface area contributed by atoms with E-state index in [0.717, 1.165) is 0 Å². The van der Waals surface area contributed by atoms with Crippen LogP contribution in [0.5, 0.6) is 0 Å². The van der Waals surface area contributed by atoms with E-state index in [0.29, 0.717) is 0 Å². The Balaban J connectivity index is 3.57. The second-order valence-corrected chi connectivity index (χ2v) is 3.68. The molecule has 0 aromatic carbocycles. The summed E-state index contributed by atoms with van der Waals surface area (Å²) in [7, 11) is 0. The van der Waals surface area contributed by atoms with Gasteiger partial charge in [0, 0.05) is 0 Å². The summed E-state index contributed by atoms with van der Waals surface area (Å²) in [5.74, 6) is 0. The van der Waals surface area contributed by atoms with E-state index in [9.17, 15) is 0 Å². The topological polar surface area (TPSA) is 0 Å². The molecule has 0 amide bonds. The molecular weight excluding hydrogens is 206 g/mol. The van der Waals surface area contributed by atoms with Crippen molar-refractivity contribution in [2.24, 2.45) is 0 Å². The van der Waals surface area contributed by atoms with Crippen LogP contribution in [0.25, 0.3) is 0 Å². The third-order valence-corrected chi connectivity index (χ3v) is 2.44. The Hall–Kier alpha value is 0.779. The molecule has 0 radical (unpaired) electrons. The van der Waals surface area contributed by atoms with Crippen molar-refractivity contribution in [1.82, 2.24) is 0 Å². The van der Waals surface area contributed by atoms with E-state index in [1.807, 2.05) is 13.8 Å². The fraction of sp³-hybridized carbons (Fsp3) is 0.500. The number of hydrogen-bond donors (Lipinski definition) is 0. The van der Waals surface area contributed by atoms with Crippen LogP contribution in [-0.2, 0) is 0 Å². The predicted molar refractivity (Wildman–Crippen MR) is 32.9 cm³/mol. The van der Waals surface area contributed by atoms with Crippen LogP contribution in [0.2, 0.25) is 0 Å². The molecule has 0 aromatic rings. The molecule has 0 aliphatic heterocycles. The molecule has 0 atom stereocenters. The molecule has 0 heterocycles. The molecule has 0 saturated carbocycles. The van der Waals surface area contributed by atoms with Crippen molar-refractivity contribution in [1.29, 1.82) is 0 Å². The molecule has 0 nitrogen and oxygen atoms in total. The van der Waals surface area contributed by atoms with Gasteiger partial charge in [0.15, 0.2) is 0 Å². The first-order valence-corrected chi connectivity index (χ1v) is 3.37. The molecule has 0 fully saturated rings. The Morgan fingerprint density at radius 1 is 1.00 bits per heavy atom. The zero-order chi connectivity index (χ0) is 5.15. The van der Waals surface area contributed by atoms with Crippen molar-refractivity contribution < 1.29 is 0 Å². The summed E-state index contributed by atoms with van der Waals surface area (Å²) in [5, 5.41) is 0. The summed E-state index contributed by atoms with van der Waals surface area (Å²) < 4.78 is 2.49. The summed E-state index contributed by atoms with van der Waals surface area (Å²) in [4.78, 5) is 0. The molecule has 0 rings (SSSR count). The first-order chi connectivity index (χ1) is 2.64. The molecule has 2 heteroatoms. The second kappa shape index (κ2) is 2.87.